The zero-order valence-electron chi connectivity index (χ0n) is 12.9. The fraction of sp³-hybridized carbons (Fsp3) is 0.118. The number of aromatic nitrogens is 3. The third-order valence-corrected chi connectivity index (χ3v) is 4.45. The highest BCUT2D eigenvalue weighted by Gasteiger charge is 2.17. The van der Waals surface area contributed by atoms with Crippen molar-refractivity contribution in [3.05, 3.63) is 59.6 Å². The SMILES string of the molecule is C[C@H](Sc1n[nH]c(-c2ccccc2)n1)C(=O)Nc1cccc(Cl)c1. The average Bonchev–Trinajstić information content (AvgIpc) is 3.04. The monoisotopic (exact) mass is 358 g/mol. The molecule has 0 saturated carbocycles. The number of aromatic amines is 1. The van der Waals surface area contributed by atoms with Crippen LogP contribution in [0.1, 0.15) is 6.92 Å². The number of benzene rings is 2. The summed E-state index contributed by atoms with van der Waals surface area (Å²) in [5, 5.41) is 10.6. The summed E-state index contributed by atoms with van der Waals surface area (Å²) in [7, 11) is 0. The molecular weight excluding hydrogens is 344 g/mol. The molecule has 0 radical (unpaired) electrons. The van der Waals surface area contributed by atoms with Gasteiger partial charge in [0.25, 0.3) is 0 Å². The fourth-order valence-electron chi connectivity index (χ4n) is 2.05. The van der Waals surface area contributed by atoms with Gasteiger partial charge in [-0.2, -0.15) is 0 Å². The van der Waals surface area contributed by atoms with E-state index in [4.69, 9.17) is 11.6 Å². The van der Waals surface area contributed by atoms with Crippen LogP contribution >= 0.6 is 23.4 Å². The first kappa shape index (κ1) is 16.5. The van der Waals surface area contributed by atoms with Crippen molar-refractivity contribution in [3.63, 3.8) is 0 Å². The summed E-state index contributed by atoms with van der Waals surface area (Å²) in [6, 6.07) is 16.8. The van der Waals surface area contributed by atoms with E-state index in [1.54, 1.807) is 24.3 Å². The standard InChI is InChI=1S/C17H15ClN4OS/c1-11(16(23)19-14-9-5-8-13(18)10-14)24-17-20-15(21-22-17)12-6-3-2-4-7-12/h2-11H,1H3,(H,19,23)(H,20,21,22)/t11-/m0/s1. The molecule has 2 N–H and O–H groups in total. The van der Waals surface area contributed by atoms with E-state index in [1.807, 2.05) is 37.3 Å². The highest BCUT2D eigenvalue weighted by Crippen LogP contribution is 2.24. The Kier molecular flexibility index (Phi) is 5.17. The van der Waals surface area contributed by atoms with Crippen LogP contribution in [0.4, 0.5) is 5.69 Å². The van der Waals surface area contributed by atoms with E-state index < -0.39 is 0 Å². The van der Waals surface area contributed by atoms with Gasteiger partial charge >= 0.3 is 0 Å². The number of carbonyl (C=O) groups is 1. The summed E-state index contributed by atoms with van der Waals surface area (Å²) in [4.78, 5) is 16.7. The van der Waals surface area contributed by atoms with Crippen molar-refractivity contribution in [2.75, 3.05) is 5.32 Å². The molecule has 1 aromatic heterocycles. The van der Waals surface area contributed by atoms with Gasteiger partial charge in [0, 0.05) is 16.3 Å². The van der Waals surface area contributed by atoms with Gasteiger partial charge in [-0.3, -0.25) is 9.89 Å². The Hall–Kier alpha value is -2.31. The molecule has 0 aliphatic rings. The molecule has 0 aliphatic heterocycles. The highest BCUT2D eigenvalue weighted by atomic mass is 35.5. The second-order valence-electron chi connectivity index (χ2n) is 5.09. The molecule has 1 amide bonds. The molecule has 0 aliphatic carbocycles. The maximum Gasteiger partial charge on any atom is 0.237 e. The lowest BCUT2D eigenvalue weighted by Gasteiger charge is -2.10. The van der Waals surface area contributed by atoms with E-state index in [9.17, 15) is 4.79 Å². The Balaban J connectivity index is 1.63. The van der Waals surface area contributed by atoms with Gasteiger partial charge in [0.1, 0.15) is 0 Å². The Labute approximate surface area is 148 Å². The predicted molar refractivity (Wildman–Crippen MR) is 97.2 cm³/mol. The van der Waals surface area contributed by atoms with E-state index >= 15 is 0 Å². The first-order valence-electron chi connectivity index (χ1n) is 7.33. The summed E-state index contributed by atoms with van der Waals surface area (Å²) in [5.41, 5.74) is 1.62. The Morgan fingerprint density at radius 2 is 2.00 bits per heavy atom. The lowest BCUT2D eigenvalue weighted by molar-refractivity contribution is -0.115. The maximum atomic E-state index is 12.3. The lowest BCUT2D eigenvalue weighted by Crippen LogP contribution is -2.22. The number of nitrogens with one attached hydrogen (secondary N) is 2. The third kappa shape index (κ3) is 4.15. The number of carbonyl (C=O) groups excluding carboxylic acids is 1. The topological polar surface area (TPSA) is 70.7 Å². The molecule has 0 fully saturated rings. The summed E-state index contributed by atoms with van der Waals surface area (Å²) in [6.45, 7) is 1.81. The number of hydrogen-bond acceptors (Lipinski definition) is 4. The molecule has 1 heterocycles. The zero-order valence-corrected chi connectivity index (χ0v) is 14.4. The highest BCUT2D eigenvalue weighted by molar-refractivity contribution is 8.00. The van der Waals surface area contributed by atoms with Crippen molar-refractivity contribution < 1.29 is 4.79 Å². The molecule has 0 spiro atoms. The van der Waals surface area contributed by atoms with Crippen LogP contribution in [0, 0.1) is 0 Å². The van der Waals surface area contributed by atoms with Crippen LogP contribution in [0.15, 0.2) is 59.8 Å². The molecule has 0 unspecified atom stereocenters. The van der Waals surface area contributed by atoms with E-state index in [0.29, 0.717) is 21.7 Å². The normalized spacial score (nSPS) is 11.9. The Bertz CT molecular complexity index is 837. The molecule has 1 atom stereocenters. The molecule has 24 heavy (non-hydrogen) atoms. The van der Waals surface area contributed by atoms with Crippen LogP contribution in [0.5, 0.6) is 0 Å². The second kappa shape index (κ2) is 7.51. The van der Waals surface area contributed by atoms with E-state index in [2.05, 4.69) is 20.5 Å². The number of amides is 1. The number of hydrogen-bond donors (Lipinski definition) is 2. The van der Waals surface area contributed by atoms with Crippen LogP contribution in [-0.4, -0.2) is 26.3 Å². The van der Waals surface area contributed by atoms with Gasteiger partial charge in [0.2, 0.25) is 11.1 Å². The maximum absolute atomic E-state index is 12.3. The molecule has 3 rings (SSSR count). The number of halogens is 1. The number of thioether (sulfide) groups is 1. The van der Waals surface area contributed by atoms with Gasteiger partial charge in [-0.15, -0.1) is 5.10 Å². The molecular formula is C17H15ClN4OS. The summed E-state index contributed by atoms with van der Waals surface area (Å²) in [5.74, 6) is 0.550. The number of rotatable bonds is 5. The molecule has 5 nitrogen and oxygen atoms in total. The second-order valence-corrected chi connectivity index (χ2v) is 6.84. The summed E-state index contributed by atoms with van der Waals surface area (Å²) >= 11 is 7.21. The Morgan fingerprint density at radius 1 is 1.21 bits per heavy atom. The van der Waals surface area contributed by atoms with Gasteiger partial charge in [-0.1, -0.05) is 59.8 Å². The van der Waals surface area contributed by atoms with Gasteiger partial charge < -0.3 is 5.32 Å². The Morgan fingerprint density at radius 3 is 2.75 bits per heavy atom. The van der Waals surface area contributed by atoms with Crippen molar-refractivity contribution in [1.29, 1.82) is 0 Å². The van der Waals surface area contributed by atoms with Crippen LogP contribution in [0.2, 0.25) is 5.02 Å². The molecule has 2 aromatic carbocycles. The molecule has 122 valence electrons. The van der Waals surface area contributed by atoms with E-state index in [-0.39, 0.29) is 11.2 Å². The van der Waals surface area contributed by atoms with Gasteiger partial charge in [0.05, 0.1) is 5.25 Å². The first-order chi connectivity index (χ1) is 11.6. The van der Waals surface area contributed by atoms with Gasteiger partial charge in [-0.05, 0) is 25.1 Å². The number of H-pyrrole nitrogens is 1. The lowest BCUT2D eigenvalue weighted by atomic mass is 10.2. The number of nitrogens with zero attached hydrogens (tertiary/aromatic N) is 2. The van der Waals surface area contributed by atoms with Gasteiger partial charge in [0.15, 0.2) is 5.82 Å². The average molecular weight is 359 g/mol. The molecule has 3 aromatic rings. The summed E-state index contributed by atoms with van der Waals surface area (Å²) in [6.07, 6.45) is 0. The van der Waals surface area contributed by atoms with Crippen molar-refractivity contribution in [2.24, 2.45) is 0 Å². The molecule has 7 heteroatoms. The fourth-order valence-corrected chi connectivity index (χ4v) is 2.96. The number of anilines is 1. The van der Waals surface area contributed by atoms with Crippen molar-refractivity contribution >= 4 is 35.0 Å². The quantitative estimate of drug-likeness (QED) is 0.669. The van der Waals surface area contributed by atoms with Gasteiger partial charge in [-0.25, -0.2) is 4.98 Å². The van der Waals surface area contributed by atoms with Crippen LogP contribution in [-0.2, 0) is 4.79 Å². The zero-order chi connectivity index (χ0) is 16.9. The van der Waals surface area contributed by atoms with Crippen molar-refractivity contribution in [1.82, 2.24) is 15.2 Å². The van der Waals surface area contributed by atoms with E-state index in [0.717, 1.165) is 5.56 Å². The predicted octanol–water partition coefficient (Wildman–Crippen LogP) is 4.24. The third-order valence-electron chi connectivity index (χ3n) is 3.26. The van der Waals surface area contributed by atoms with Crippen molar-refractivity contribution in [2.45, 2.75) is 17.3 Å². The van der Waals surface area contributed by atoms with E-state index in [1.165, 1.54) is 11.8 Å². The van der Waals surface area contributed by atoms with Crippen LogP contribution < -0.4 is 5.32 Å². The minimum atomic E-state index is -0.344. The summed E-state index contributed by atoms with van der Waals surface area (Å²) < 4.78 is 0. The smallest absolute Gasteiger partial charge is 0.237 e. The minimum Gasteiger partial charge on any atom is -0.325 e. The largest absolute Gasteiger partial charge is 0.325 e. The van der Waals surface area contributed by atoms with Crippen LogP contribution in [0.25, 0.3) is 11.4 Å². The molecule has 0 bridgehead atoms. The van der Waals surface area contributed by atoms with Crippen LogP contribution in [0.3, 0.4) is 0 Å². The molecule has 0 saturated heterocycles. The first-order valence-corrected chi connectivity index (χ1v) is 8.58. The minimum absolute atomic E-state index is 0.131. The van der Waals surface area contributed by atoms with Crippen molar-refractivity contribution in [3.8, 4) is 11.4 Å².